The highest BCUT2D eigenvalue weighted by atomic mass is 16.6. The Bertz CT molecular complexity index is 727. The molecule has 1 unspecified atom stereocenters. The maximum Gasteiger partial charge on any atom is 0.246 e. The number of ether oxygens (including phenoxy) is 1. The van der Waals surface area contributed by atoms with E-state index in [2.05, 4.69) is 17.0 Å². The van der Waals surface area contributed by atoms with Gasteiger partial charge in [-0.05, 0) is 43.4 Å². The van der Waals surface area contributed by atoms with Crippen LogP contribution >= 0.6 is 0 Å². The summed E-state index contributed by atoms with van der Waals surface area (Å²) in [7, 11) is 0. The van der Waals surface area contributed by atoms with Crippen molar-refractivity contribution in [3.8, 4) is 11.8 Å². The monoisotopic (exact) mass is 370 g/mol. The zero-order valence-corrected chi connectivity index (χ0v) is 15.6. The molecule has 1 fully saturated rings. The predicted molar refractivity (Wildman–Crippen MR) is 101 cm³/mol. The topological polar surface area (TPSA) is 80.2 Å². The number of benzene rings is 1. The maximum atomic E-state index is 11.6. The van der Waals surface area contributed by atoms with Crippen molar-refractivity contribution in [2.75, 3.05) is 13.2 Å². The van der Waals surface area contributed by atoms with Gasteiger partial charge in [-0.2, -0.15) is 0 Å². The van der Waals surface area contributed by atoms with Gasteiger partial charge in [0.1, 0.15) is 6.10 Å². The molecule has 1 saturated heterocycles. The third kappa shape index (κ3) is 5.31. The number of hydrogen-bond donors (Lipinski definition) is 2. The first-order valence-corrected chi connectivity index (χ1v) is 9.56. The van der Waals surface area contributed by atoms with Gasteiger partial charge >= 0.3 is 0 Å². The van der Waals surface area contributed by atoms with Crippen molar-refractivity contribution in [3.63, 3.8) is 0 Å². The van der Waals surface area contributed by atoms with Crippen LogP contribution in [0.25, 0.3) is 0 Å². The smallest absolute Gasteiger partial charge is 0.246 e. The SMILES string of the molecule is CCC(C[C@H]1CC(c2ccc(C#CC3CCOCC3)cc2)=NO1)C(=O)NO. The van der Waals surface area contributed by atoms with Gasteiger partial charge in [0, 0.05) is 37.0 Å². The summed E-state index contributed by atoms with van der Waals surface area (Å²) in [6.45, 7) is 3.52. The number of nitrogens with one attached hydrogen (secondary N) is 1. The van der Waals surface area contributed by atoms with E-state index in [0.717, 1.165) is 42.9 Å². The van der Waals surface area contributed by atoms with E-state index in [1.807, 2.05) is 31.2 Å². The van der Waals surface area contributed by atoms with Gasteiger partial charge in [0.2, 0.25) is 5.91 Å². The highest BCUT2D eigenvalue weighted by Gasteiger charge is 2.28. The highest BCUT2D eigenvalue weighted by molar-refractivity contribution is 6.01. The first-order valence-electron chi connectivity index (χ1n) is 9.56. The minimum atomic E-state index is -0.373. The molecule has 144 valence electrons. The van der Waals surface area contributed by atoms with Crippen LogP contribution in [0.3, 0.4) is 0 Å². The summed E-state index contributed by atoms with van der Waals surface area (Å²) in [5.41, 5.74) is 4.60. The summed E-state index contributed by atoms with van der Waals surface area (Å²) >= 11 is 0. The van der Waals surface area contributed by atoms with E-state index in [1.54, 1.807) is 5.48 Å². The van der Waals surface area contributed by atoms with Crippen LogP contribution in [-0.4, -0.2) is 36.1 Å². The van der Waals surface area contributed by atoms with Crippen molar-refractivity contribution in [2.24, 2.45) is 17.0 Å². The van der Waals surface area contributed by atoms with Crippen molar-refractivity contribution in [2.45, 2.75) is 45.1 Å². The Morgan fingerprint density at radius 2 is 2.07 bits per heavy atom. The summed E-state index contributed by atoms with van der Waals surface area (Å²) in [4.78, 5) is 17.1. The van der Waals surface area contributed by atoms with Gasteiger partial charge in [-0.3, -0.25) is 10.0 Å². The summed E-state index contributed by atoms with van der Waals surface area (Å²) in [6.07, 6.45) is 3.70. The molecule has 0 aliphatic carbocycles. The molecular formula is C21H26N2O4. The molecule has 2 N–H and O–H groups in total. The molecular weight excluding hydrogens is 344 g/mol. The zero-order valence-electron chi connectivity index (χ0n) is 15.6. The number of rotatable bonds is 5. The van der Waals surface area contributed by atoms with Gasteiger partial charge in [-0.25, -0.2) is 5.48 Å². The Labute approximate surface area is 159 Å². The van der Waals surface area contributed by atoms with E-state index in [0.29, 0.717) is 25.2 Å². The Morgan fingerprint density at radius 3 is 2.74 bits per heavy atom. The van der Waals surface area contributed by atoms with Crippen molar-refractivity contribution in [1.82, 2.24) is 5.48 Å². The third-order valence-electron chi connectivity index (χ3n) is 5.11. The van der Waals surface area contributed by atoms with Crippen LogP contribution in [-0.2, 0) is 14.4 Å². The lowest BCUT2D eigenvalue weighted by Crippen LogP contribution is -2.30. The van der Waals surface area contributed by atoms with Crippen LogP contribution in [0.4, 0.5) is 0 Å². The van der Waals surface area contributed by atoms with E-state index in [4.69, 9.17) is 14.8 Å². The molecule has 0 radical (unpaired) electrons. The van der Waals surface area contributed by atoms with Crippen molar-refractivity contribution < 1.29 is 19.6 Å². The van der Waals surface area contributed by atoms with Gasteiger partial charge in [-0.15, -0.1) is 0 Å². The van der Waals surface area contributed by atoms with Crippen LogP contribution in [0.1, 0.15) is 50.2 Å². The Morgan fingerprint density at radius 1 is 1.33 bits per heavy atom. The van der Waals surface area contributed by atoms with Crippen LogP contribution in [0, 0.1) is 23.7 Å². The van der Waals surface area contributed by atoms with Crippen molar-refractivity contribution in [3.05, 3.63) is 35.4 Å². The molecule has 6 heteroatoms. The molecule has 0 spiro atoms. The number of carbonyl (C=O) groups excluding carboxylic acids is 1. The number of hydrogen-bond acceptors (Lipinski definition) is 5. The van der Waals surface area contributed by atoms with E-state index in [9.17, 15) is 4.79 Å². The Balaban J connectivity index is 1.55. The van der Waals surface area contributed by atoms with Gasteiger partial charge in [0.15, 0.2) is 0 Å². The molecule has 1 aromatic carbocycles. The maximum absolute atomic E-state index is 11.6. The number of hydroxylamine groups is 1. The van der Waals surface area contributed by atoms with E-state index in [-0.39, 0.29) is 17.9 Å². The van der Waals surface area contributed by atoms with Crippen molar-refractivity contribution in [1.29, 1.82) is 0 Å². The van der Waals surface area contributed by atoms with Gasteiger partial charge in [0.25, 0.3) is 0 Å². The molecule has 3 rings (SSSR count). The summed E-state index contributed by atoms with van der Waals surface area (Å²) in [5, 5.41) is 13.0. The zero-order chi connectivity index (χ0) is 19.1. The summed E-state index contributed by atoms with van der Waals surface area (Å²) < 4.78 is 5.36. The van der Waals surface area contributed by atoms with E-state index >= 15 is 0 Å². The predicted octanol–water partition coefficient (Wildman–Crippen LogP) is 2.88. The van der Waals surface area contributed by atoms with Gasteiger partial charge in [-0.1, -0.05) is 36.1 Å². The molecule has 1 amide bonds. The molecule has 2 aliphatic rings. The molecule has 1 aromatic rings. The number of carbonyl (C=O) groups is 1. The lowest BCUT2D eigenvalue weighted by molar-refractivity contribution is -0.134. The fourth-order valence-electron chi connectivity index (χ4n) is 3.37. The lowest BCUT2D eigenvalue weighted by Gasteiger charge is -2.16. The molecule has 2 aliphatic heterocycles. The first kappa shape index (κ1) is 19.4. The normalized spacial score (nSPS) is 20.8. The molecule has 0 bridgehead atoms. The van der Waals surface area contributed by atoms with Crippen molar-refractivity contribution >= 4 is 11.6 Å². The largest absolute Gasteiger partial charge is 0.392 e. The third-order valence-corrected chi connectivity index (χ3v) is 5.11. The molecule has 2 heterocycles. The number of nitrogens with zero attached hydrogens (tertiary/aromatic N) is 1. The van der Waals surface area contributed by atoms with Crippen LogP contribution in [0.5, 0.6) is 0 Å². The average molecular weight is 370 g/mol. The van der Waals surface area contributed by atoms with Crippen LogP contribution < -0.4 is 5.48 Å². The molecule has 0 aromatic heterocycles. The molecule has 6 nitrogen and oxygen atoms in total. The molecule has 2 atom stereocenters. The second-order valence-electron chi connectivity index (χ2n) is 7.02. The molecule has 0 saturated carbocycles. The first-order chi connectivity index (χ1) is 13.2. The fourth-order valence-corrected chi connectivity index (χ4v) is 3.37. The van der Waals surface area contributed by atoms with E-state index in [1.165, 1.54) is 0 Å². The molecule has 27 heavy (non-hydrogen) atoms. The van der Waals surface area contributed by atoms with E-state index < -0.39 is 0 Å². The highest BCUT2D eigenvalue weighted by Crippen LogP contribution is 2.24. The quantitative estimate of drug-likeness (QED) is 0.474. The second kappa shape index (κ2) is 9.54. The van der Waals surface area contributed by atoms with Crippen LogP contribution in [0.15, 0.2) is 29.4 Å². The van der Waals surface area contributed by atoms with Crippen LogP contribution in [0.2, 0.25) is 0 Å². The minimum Gasteiger partial charge on any atom is -0.392 e. The summed E-state index contributed by atoms with van der Waals surface area (Å²) in [6, 6.07) is 8.03. The second-order valence-corrected chi connectivity index (χ2v) is 7.02. The van der Waals surface area contributed by atoms with Gasteiger partial charge < -0.3 is 9.57 Å². The Kier molecular flexibility index (Phi) is 6.86. The minimum absolute atomic E-state index is 0.143. The number of amides is 1. The van der Waals surface area contributed by atoms with Gasteiger partial charge in [0.05, 0.1) is 5.71 Å². The summed E-state index contributed by atoms with van der Waals surface area (Å²) in [5.74, 6) is 6.36. The fraction of sp³-hybridized carbons (Fsp3) is 0.524. The standard InChI is InChI=1S/C21H26N2O4/c1-2-17(21(24)22-25)13-19-14-20(23-27-19)18-7-5-15(6-8-18)3-4-16-9-11-26-12-10-16/h5-8,16-17,19,25H,2,9-14H2,1H3,(H,22,24)/t17?,19-/m0/s1. The Hall–Kier alpha value is -2.36. The average Bonchev–Trinajstić information content (AvgIpc) is 3.19. The lowest BCUT2D eigenvalue weighted by atomic mass is 9.94. The number of oxime groups is 1.